The van der Waals surface area contributed by atoms with Crippen molar-refractivity contribution < 1.29 is 4.74 Å². The second kappa shape index (κ2) is 5.47. The van der Waals surface area contributed by atoms with E-state index in [1.165, 1.54) is 21.9 Å². The van der Waals surface area contributed by atoms with Crippen molar-refractivity contribution in [3.8, 4) is 5.75 Å². The fourth-order valence-corrected chi connectivity index (χ4v) is 3.80. The van der Waals surface area contributed by atoms with Gasteiger partial charge in [0.1, 0.15) is 5.75 Å². The molecule has 0 amide bonds. The van der Waals surface area contributed by atoms with Crippen molar-refractivity contribution in [3.63, 3.8) is 0 Å². The van der Waals surface area contributed by atoms with Gasteiger partial charge in [0.15, 0.2) is 0 Å². The number of hydrogen-bond acceptors (Lipinski definition) is 2. The number of fused-ring (bicyclic) bond motifs is 1. The molecule has 102 valence electrons. The number of ether oxygens (including phenoxy) is 1. The van der Waals surface area contributed by atoms with Crippen molar-refractivity contribution >= 4 is 33.7 Å². The minimum absolute atomic E-state index is 0.144. The number of hydrogen-bond donors (Lipinski definition) is 0. The molecule has 2 aromatic carbocycles. The predicted octanol–water partition coefficient (Wildman–Crippen LogP) is 5.55. The molecule has 0 N–H and O–H groups in total. The lowest BCUT2D eigenvalue weighted by atomic mass is 9.96. The Morgan fingerprint density at radius 1 is 1.15 bits per heavy atom. The summed E-state index contributed by atoms with van der Waals surface area (Å²) < 4.78 is 5.25. The average molecular weight is 303 g/mol. The molecular formula is C17H15ClOS. The van der Waals surface area contributed by atoms with Gasteiger partial charge in [0.2, 0.25) is 0 Å². The number of thiophene rings is 1. The summed E-state index contributed by atoms with van der Waals surface area (Å²) in [5.41, 5.74) is 2.41. The SMILES string of the molecule is COc1csc(C(Cl)c2c(C)ccc3ccccc23)c1. The third-order valence-electron chi connectivity index (χ3n) is 3.52. The summed E-state index contributed by atoms with van der Waals surface area (Å²) in [7, 11) is 1.68. The van der Waals surface area contributed by atoms with Crippen LogP contribution in [0.1, 0.15) is 21.4 Å². The van der Waals surface area contributed by atoms with Crippen LogP contribution in [-0.2, 0) is 0 Å². The molecule has 0 aliphatic carbocycles. The number of halogens is 1. The number of benzene rings is 2. The molecule has 0 saturated carbocycles. The van der Waals surface area contributed by atoms with Gasteiger partial charge < -0.3 is 4.74 Å². The predicted molar refractivity (Wildman–Crippen MR) is 87.3 cm³/mol. The fourth-order valence-electron chi connectivity index (χ4n) is 2.46. The quantitative estimate of drug-likeness (QED) is 0.577. The molecule has 1 atom stereocenters. The number of aryl methyl sites for hydroxylation is 1. The van der Waals surface area contributed by atoms with Crippen LogP contribution in [0.2, 0.25) is 0 Å². The highest BCUT2D eigenvalue weighted by atomic mass is 35.5. The first-order valence-corrected chi connectivity index (χ1v) is 7.77. The van der Waals surface area contributed by atoms with Gasteiger partial charge in [-0.1, -0.05) is 36.4 Å². The molecule has 0 aliphatic rings. The average Bonchev–Trinajstić information content (AvgIpc) is 2.95. The highest BCUT2D eigenvalue weighted by Gasteiger charge is 2.18. The van der Waals surface area contributed by atoms with Crippen molar-refractivity contribution in [1.29, 1.82) is 0 Å². The molecule has 20 heavy (non-hydrogen) atoms. The third kappa shape index (κ3) is 2.30. The zero-order valence-corrected chi connectivity index (χ0v) is 13.0. The Morgan fingerprint density at radius 2 is 1.95 bits per heavy atom. The Balaban J connectivity index is 2.15. The molecule has 0 bridgehead atoms. The van der Waals surface area contributed by atoms with E-state index in [1.54, 1.807) is 18.4 Å². The third-order valence-corrected chi connectivity index (χ3v) is 5.08. The summed E-state index contributed by atoms with van der Waals surface area (Å²) in [6.07, 6.45) is 0. The largest absolute Gasteiger partial charge is 0.496 e. The Hall–Kier alpha value is -1.51. The van der Waals surface area contributed by atoms with Gasteiger partial charge in [-0.3, -0.25) is 0 Å². The zero-order chi connectivity index (χ0) is 14.1. The maximum Gasteiger partial charge on any atom is 0.129 e. The van der Waals surface area contributed by atoms with Crippen molar-refractivity contribution in [2.75, 3.05) is 7.11 Å². The Kier molecular flexibility index (Phi) is 3.68. The number of rotatable bonds is 3. The first-order chi connectivity index (χ1) is 9.70. The topological polar surface area (TPSA) is 9.23 Å². The molecule has 3 rings (SSSR count). The number of alkyl halides is 1. The molecule has 1 nitrogen and oxygen atoms in total. The van der Waals surface area contributed by atoms with Crippen LogP contribution in [-0.4, -0.2) is 7.11 Å². The van der Waals surface area contributed by atoms with Gasteiger partial charge >= 0.3 is 0 Å². The minimum Gasteiger partial charge on any atom is -0.496 e. The van der Waals surface area contributed by atoms with Crippen molar-refractivity contribution in [1.82, 2.24) is 0 Å². The van der Waals surface area contributed by atoms with Crippen molar-refractivity contribution in [3.05, 3.63) is 63.8 Å². The van der Waals surface area contributed by atoms with E-state index >= 15 is 0 Å². The molecule has 3 heteroatoms. The van der Waals surface area contributed by atoms with Crippen molar-refractivity contribution in [2.24, 2.45) is 0 Å². The summed E-state index contributed by atoms with van der Waals surface area (Å²) in [6, 6.07) is 14.7. The summed E-state index contributed by atoms with van der Waals surface area (Å²) in [5.74, 6) is 0.869. The molecule has 0 aliphatic heterocycles. The fraction of sp³-hybridized carbons (Fsp3) is 0.176. The van der Waals surface area contributed by atoms with E-state index in [2.05, 4.69) is 43.3 Å². The smallest absolute Gasteiger partial charge is 0.129 e. The first kappa shape index (κ1) is 13.5. The van der Waals surface area contributed by atoms with Crippen LogP contribution in [0, 0.1) is 6.92 Å². The van der Waals surface area contributed by atoms with Gasteiger partial charge in [0.25, 0.3) is 0 Å². The molecule has 3 aromatic rings. The van der Waals surface area contributed by atoms with Gasteiger partial charge in [-0.2, -0.15) is 0 Å². The standard InChI is InChI=1S/C17H15ClOS/c1-11-7-8-12-5-3-4-6-14(12)16(11)17(18)15-9-13(19-2)10-20-15/h3-10,17H,1-2H3. The summed E-state index contributed by atoms with van der Waals surface area (Å²) in [4.78, 5) is 1.11. The van der Waals surface area contributed by atoms with Crippen LogP contribution in [0.4, 0.5) is 0 Å². The second-order valence-electron chi connectivity index (χ2n) is 4.77. The van der Waals surface area contributed by atoms with E-state index in [1.807, 2.05) is 11.4 Å². The van der Waals surface area contributed by atoms with Gasteiger partial charge in [-0.15, -0.1) is 22.9 Å². The lowest BCUT2D eigenvalue weighted by molar-refractivity contribution is 0.416. The van der Waals surface area contributed by atoms with Crippen LogP contribution < -0.4 is 4.74 Å². The number of methoxy groups -OCH3 is 1. The van der Waals surface area contributed by atoms with E-state index < -0.39 is 0 Å². The van der Waals surface area contributed by atoms with Crippen LogP contribution in [0.3, 0.4) is 0 Å². The molecule has 0 spiro atoms. The monoisotopic (exact) mass is 302 g/mol. The maximum atomic E-state index is 6.74. The van der Waals surface area contributed by atoms with Gasteiger partial charge in [-0.25, -0.2) is 0 Å². The van der Waals surface area contributed by atoms with E-state index in [4.69, 9.17) is 16.3 Å². The molecule has 1 heterocycles. The van der Waals surface area contributed by atoms with Crippen LogP contribution in [0.25, 0.3) is 10.8 Å². The van der Waals surface area contributed by atoms with Crippen LogP contribution >= 0.6 is 22.9 Å². The van der Waals surface area contributed by atoms with E-state index in [0.717, 1.165) is 10.6 Å². The molecule has 0 radical (unpaired) electrons. The highest BCUT2D eigenvalue weighted by Crippen LogP contribution is 2.40. The van der Waals surface area contributed by atoms with Gasteiger partial charge in [0.05, 0.1) is 12.5 Å². The molecule has 0 fully saturated rings. The zero-order valence-electron chi connectivity index (χ0n) is 11.4. The van der Waals surface area contributed by atoms with E-state index in [0.29, 0.717) is 0 Å². The minimum atomic E-state index is -0.144. The Bertz CT molecular complexity index is 748. The molecule has 1 aromatic heterocycles. The van der Waals surface area contributed by atoms with Crippen LogP contribution in [0.15, 0.2) is 47.8 Å². The Morgan fingerprint density at radius 3 is 2.70 bits per heavy atom. The van der Waals surface area contributed by atoms with E-state index in [9.17, 15) is 0 Å². The van der Waals surface area contributed by atoms with E-state index in [-0.39, 0.29) is 5.38 Å². The van der Waals surface area contributed by atoms with Gasteiger partial charge in [-0.05, 0) is 34.9 Å². The highest BCUT2D eigenvalue weighted by molar-refractivity contribution is 7.10. The molecule has 1 unspecified atom stereocenters. The molecular weight excluding hydrogens is 288 g/mol. The summed E-state index contributed by atoms with van der Waals surface area (Å²) in [5, 5.41) is 4.29. The van der Waals surface area contributed by atoms with Crippen LogP contribution in [0.5, 0.6) is 5.75 Å². The summed E-state index contributed by atoms with van der Waals surface area (Å²) in [6.45, 7) is 2.11. The summed E-state index contributed by atoms with van der Waals surface area (Å²) >= 11 is 8.38. The lowest BCUT2D eigenvalue weighted by Gasteiger charge is -2.14. The lowest BCUT2D eigenvalue weighted by Crippen LogP contribution is -1.96. The first-order valence-electron chi connectivity index (χ1n) is 6.45. The maximum absolute atomic E-state index is 6.74. The normalized spacial score (nSPS) is 12.6. The Labute approximate surface area is 127 Å². The second-order valence-corrected chi connectivity index (χ2v) is 6.15. The molecule has 0 saturated heterocycles. The van der Waals surface area contributed by atoms with Gasteiger partial charge in [0, 0.05) is 10.3 Å². The van der Waals surface area contributed by atoms with Crippen molar-refractivity contribution in [2.45, 2.75) is 12.3 Å².